The third-order valence-electron chi connectivity index (χ3n) is 4.14. The van der Waals surface area contributed by atoms with Crippen LogP contribution in [-0.2, 0) is 11.3 Å². The number of halogens is 2. The normalized spacial score (nSPS) is 21.7. The molecule has 116 valence electrons. The molecule has 0 saturated carbocycles. The molecule has 2 aromatic rings. The fourth-order valence-electron chi connectivity index (χ4n) is 2.91. The van der Waals surface area contributed by atoms with Crippen molar-refractivity contribution < 1.29 is 4.74 Å². The summed E-state index contributed by atoms with van der Waals surface area (Å²) in [5, 5.41) is 4.94. The first-order valence-corrected chi connectivity index (χ1v) is 8.31. The molecule has 0 unspecified atom stereocenters. The Morgan fingerprint density at radius 3 is 2.59 bits per heavy atom. The lowest BCUT2D eigenvalue weighted by Gasteiger charge is -2.32. The number of rotatable bonds is 4. The van der Waals surface area contributed by atoms with E-state index < -0.39 is 0 Å². The van der Waals surface area contributed by atoms with Gasteiger partial charge in [-0.05, 0) is 42.3 Å². The fraction of sp³-hybridized carbons (Fsp3) is 0.333. The van der Waals surface area contributed by atoms with Gasteiger partial charge in [0.15, 0.2) is 0 Å². The molecule has 1 aliphatic rings. The monoisotopic (exact) mass is 335 g/mol. The highest BCUT2D eigenvalue weighted by Gasteiger charge is 2.27. The Morgan fingerprint density at radius 1 is 1.05 bits per heavy atom. The summed E-state index contributed by atoms with van der Waals surface area (Å²) < 4.78 is 6.17. The average molecular weight is 336 g/mol. The molecule has 2 aromatic carbocycles. The minimum atomic E-state index is 0.145. The topological polar surface area (TPSA) is 21.3 Å². The van der Waals surface area contributed by atoms with Gasteiger partial charge in [-0.3, -0.25) is 0 Å². The van der Waals surface area contributed by atoms with Gasteiger partial charge in [-0.15, -0.1) is 0 Å². The molecule has 0 amide bonds. The van der Waals surface area contributed by atoms with Gasteiger partial charge in [0.25, 0.3) is 0 Å². The van der Waals surface area contributed by atoms with Crippen LogP contribution in [0.2, 0.25) is 10.0 Å². The van der Waals surface area contributed by atoms with Crippen LogP contribution >= 0.6 is 23.2 Å². The molecule has 1 fully saturated rings. The van der Waals surface area contributed by atoms with Crippen molar-refractivity contribution in [2.75, 3.05) is 13.1 Å². The van der Waals surface area contributed by atoms with E-state index in [1.807, 2.05) is 36.4 Å². The molecule has 0 radical (unpaired) electrons. The van der Waals surface area contributed by atoms with E-state index in [1.54, 1.807) is 0 Å². The molecule has 0 aliphatic carbocycles. The Kier molecular flexibility index (Phi) is 5.37. The Balaban J connectivity index is 1.70. The lowest BCUT2D eigenvalue weighted by Crippen LogP contribution is -2.40. The van der Waals surface area contributed by atoms with Crippen LogP contribution in [0.4, 0.5) is 0 Å². The summed E-state index contributed by atoms with van der Waals surface area (Å²) in [6.45, 7) is 2.41. The summed E-state index contributed by atoms with van der Waals surface area (Å²) in [6, 6.07) is 15.9. The van der Waals surface area contributed by atoms with E-state index in [1.165, 1.54) is 5.56 Å². The van der Waals surface area contributed by atoms with Gasteiger partial charge in [0.05, 0.1) is 12.7 Å². The van der Waals surface area contributed by atoms with Crippen LogP contribution in [0.5, 0.6) is 0 Å². The van der Waals surface area contributed by atoms with Crippen molar-refractivity contribution in [2.24, 2.45) is 0 Å². The maximum atomic E-state index is 6.20. The first-order valence-electron chi connectivity index (χ1n) is 7.55. The number of hydrogen-bond acceptors (Lipinski definition) is 2. The van der Waals surface area contributed by atoms with Gasteiger partial charge < -0.3 is 10.1 Å². The molecule has 0 spiro atoms. The minimum absolute atomic E-state index is 0.145. The molecule has 22 heavy (non-hydrogen) atoms. The summed E-state index contributed by atoms with van der Waals surface area (Å²) in [6.07, 6.45) is 1.21. The Hall–Kier alpha value is -1.06. The van der Waals surface area contributed by atoms with Gasteiger partial charge in [-0.2, -0.15) is 0 Å². The van der Waals surface area contributed by atoms with Gasteiger partial charge in [-0.1, -0.05) is 53.5 Å². The van der Waals surface area contributed by atoms with Crippen molar-refractivity contribution in [3.05, 3.63) is 69.7 Å². The molecule has 1 heterocycles. The zero-order valence-electron chi connectivity index (χ0n) is 12.3. The number of ether oxygens (including phenoxy) is 1. The number of hydrogen-bond donors (Lipinski definition) is 1. The van der Waals surface area contributed by atoms with Crippen LogP contribution < -0.4 is 5.32 Å². The zero-order chi connectivity index (χ0) is 15.4. The molecule has 0 bridgehead atoms. The molecule has 1 saturated heterocycles. The highest BCUT2D eigenvalue weighted by molar-refractivity contribution is 6.31. The molecule has 2 nitrogen and oxygen atoms in total. The second-order valence-corrected chi connectivity index (χ2v) is 6.44. The summed E-state index contributed by atoms with van der Waals surface area (Å²) in [5.74, 6) is 0.390. The van der Waals surface area contributed by atoms with Gasteiger partial charge in [-0.25, -0.2) is 0 Å². The van der Waals surface area contributed by atoms with E-state index in [9.17, 15) is 0 Å². The minimum Gasteiger partial charge on any atom is -0.372 e. The summed E-state index contributed by atoms with van der Waals surface area (Å²) in [5.41, 5.74) is 2.32. The lowest BCUT2D eigenvalue weighted by atomic mass is 9.88. The molecule has 0 aromatic heterocycles. The molecular weight excluding hydrogens is 317 g/mol. The predicted molar refractivity (Wildman–Crippen MR) is 91.7 cm³/mol. The average Bonchev–Trinajstić information content (AvgIpc) is 2.55. The summed E-state index contributed by atoms with van der Waals surface area (Å²) in [7, 11) is 0. The lowest BCUT2D eigenvalue weighted by molar-refractivity contribution is 0.0106. The van der Waals surface area contributed by atoms with Crippen molar-refractivity contribution in [1.29, 1.82) is 0 Å². The second-order valence-electron chi connectivity index (χ2n) is 5.59. The second kappa shape index (κ2) is 7.47. The van der Waals surface area contributed by atoms with Gasteiger partial charge in [0.2, 0.25) is 0 Å². The number of benzene rings is 2. The Morgan fingerprint density at radius 2 is 1.82 bits per heavy atom. The molecule has 1 N–H and O–H groups in total. The van der Waals surface area contributed by atoms with E-state index in [0.717, 1.165) is 35.1 Å². The number of piperidine rings is 1. The van der Waals surface area contributed by atoms with Crippen molar-refractivity contribution >= 4 is 23.2 Å². The van der Waals surface area contributed by atoms with Crippen molar-refractivity contribution in [3.8, 4) is 0 Å². The van der Waals surface area contributed by atoms with E-state index >= 15 is 0 Å². The Bertz CT molecular complexity index is 615. The maximum Gasteiger partial charge on any atom is 0.0772 e. The van der Waals surface area contributed by atoms with Crippen molar-refractivity contribution in [1.82, 2.24) is 5.32 Å². The molecule has 2 atom stereocenters. The smallest absolute Gasteiger partial charge is 0.0772 e. The van der Waals surface area contributed by atoms with Crippen LogP contribution in [0.25, 0.3) is 0 Å². The fourth-order valence-corrected chi connectivity index (χ4v) is 3.22. The number of nitrogens with one attached hydrogen (secondary N) is 1. The zero-order valence-corrected chi connectivity index (χ0v) is 13.8. The first-order chi connectivity index (χ1) is 10.7. The highest BCUT2D eigenvalue weighted by Crippen LogP contribution is 2.29. The van der Waals surface area contributed by atoms with E-state index in [-0.39, 0.29) is 6.10 Å². The summed E-state index contributed by atoms with van der Waals surface area (Å²) >= 11 is 12.2. The first kappa shape index (κ1) is 15.8. The van der Waals surface area contributed by atoms with E-state index in [0.29, 0.717) is 12.5 Å². The molecule has 1 aliphatic heterocycles. The SMILES string of the molecule is Clc1ccc([C@H]2CCNC[C@@H]2OCc2ccccc2Cl)cc1. The Labute approximate surface area is 141 Å². The van der Waals surface area contributed by atoms with E-state index in [2.05, 4.69) is 17.4 Å². The van der Waals surface area contributed by atoms with Crippen LogP contribution in [0.1, 0.15) is 23.5 Å². The van der Waals surface area contributed by atoms with Crippen LogP contribution in [-0.4, -0.2) is 19.2 Å². The third kappa shape index (κ3) is 3.82. The quantitative estimate of drug-likeness (QED) is 0.877. The predicted octanol–water partition coefficient (Wildman–Crippen LogP) is 4.66. The highest BCUT2D eigenvalue weighted by atomic mass is 35.5. The standard InChI is InChI=1S/C18H19Cl2NO/c19-15-7-5-13(6-8-15)16-9-10-21-11-18(16)22-12-14-3-1-2-4-17(14)20/h1-8,16,18,21H,9-12H2/t16-,18+/m1/s1. The molecular formula is C18H19Cl2NO. The van der Waals surface area contributed by atoms with Crippen LogP contribution in [0.15, 0.2) is 48.5 Å². The summed E-state index contributed by atoms with van der Waals surface area (Å²) in [4.78, 5) is 0. The van der Waals surface area contributed by atoms with Crippen LogP contribution in [0, 0.1) is 0 Å². The molecule has 3 rings (SSSR count). The van der Waals surface area contributed by atoms with Crippen molar-refractivity contribution in [3.63, 3.8) is 0 Å². The van der Waals surface area contributed by atoms with Crippen molar-refractivity contribution in [2.45, 2.75) is 25.0 Å². The third-order valence-corrected chi connectivity index (χ3v) is 4.76. The van der Waals surface area contributed by atoms with Crippen LogP contribution in [0.3, 0.4) is 0 Å². The van der Waals surface area contributed by atoms with Gasteiger partial charge in [0.1, 0.15) is 0 Å². The largest absolute Gasteiger partial charge is 0.372 e. The van der Waals surface area contributed by atoms with Gasteiger partial charge >= 0.3 is 0 Å². The van der Waals surface area contributed by atoms with Gasteiger partial charge in [0, 0.05) is 22.5 Å². The maximum absolute atomic E-state index is 6.20. The van der Waals surface area contributed by atoms with E-state index in [4.69, 9.17) is 27.9 Å². The molecule has 4 heteroatoms.